The maximum Gasteiger partial charge on any atom is 0.267 e. The highest BCUT2D eigenvalue weighted by molar-refractivity contribution is 6.76. The van der Waals surface area contributed by atoms with Crippen LogP contribution >= 0.6 is 0 Å². The summed E-state index contributed by atoms with van der Waals surface area (Å²) in [5.41, 5.74) is 1.04. The molecule has 0 radical (unpaired) electrons. The van der Waals surface area contributed by atoms with Crippen molar-refractivity contribution in [2.45, 2.75) is 52.3 Å². The molecule has 1 amide bonds. The summed E-state index contributed by atoms with van der Waals surface area (Å²) >= 11 is 0. The third kappa shape index (κ3) is 4.78. The molecule has 7 nitrogen and oxygen atoms in total. The van der Waals surface area contributed by atoms with Crippen LogP contribution in [0.3, 0.4) is 0 Å². The van der Waals surface area contributed by atoms with Crippen molar-refractivity contribution in [1.82, 2.24) is 19.9 Å². The van der Waals surface area contributed by atoms with E-state index in [4.69, 9.17) is 4.74 Å². The zero-order valence-corrected chi connectivity index (χ0v) is 16.0. The molecule has 8 heteroatoms. The largest absolute Gasteiger partial charge is 0.361 e. The molecule has 2 aromatic rings. The molecular formula is C16H26N4O3Si. The van der Waals surface area contributed by atoms with Gasteiger partial charge in [-0.05, 0) is 19.9 Å². The van der Waals surface area contributed by atoms with Crippen molar-refractivity contribution in [2.75, 3.05) is 6.61 Å². The summed E-state index contributed by atoms with van der Waals surface area (Å²) in [6, 6.07) is 1.07. The molecule has 0 saturated heterocycles. The summed E-state index contributed by atoms with van der Waals surface area (Å²) in [6.45, 7) is 11.6. The lowest BCUT2D eigenvalue weighted by atomic mass is 10.2. The van der Waals surface area contributed by atoms with Crippen LogP contribution in [0.1, 0.15) is 24.2 Å². The number of amides is 1. The number of aromatic amines is 1. The third-order valence-corrected chi connectivity index (χ3v) is 5.20. The summed E-state index contributed by atoms with van der Waals surface area (Å²) < 4.78 is 7.50. The number of carbonyl (C=O) groups is 1. The minimum Gasteiger partial charge on any atom is -0.361 e. The maximum absolute atomic E-state index is 12.3. The van der Waals surface area contributed by atoms with Crippen molar-refractivity contribution in [2.24, 2.45) is 0 Å². The maximum atomic E-state index is 12.3. The number of nitrogens with zero attached hydrogens (tertiary/aromatic N) is 2. The van der Waals surface area contributed by atoms with Gasteiger partial charge in [-0.3, -0.25) is 9.59 Å². The van der Waals surface area contributed by atoms with Crippen LogP contribution in [0.2, 0.25) is 25.7 Å². The molecule has 0 atom stereocenters. The fraction of sp³-hybridized carbons (Fsp3) is 0.562. The zero-order valence-electron chi connectivity index (χ0n) is 15.0. The van der Waals surface area contributed by atoms with Gasteiger partial charge in [-0.25, -0.2) is 4.98 Å². The van der Waals surface area contributed by atoms with E-state index >= 15 is 0 Å². The summed E-state index contributed by atoms with van der Waals surface area (Å²) in [4.78, 5) is 30.8. The Hall–Kier alpha value is -1.93. The van der Waals surface area contributed by atoms with Crippen LogP contribution in [0, 0.1) is 0 Å². The van der Waals surface area contributed by atoms with E-state index in [0.717, 1.165) is 6.04 Å². The molecule has 0 bridgehead atoms. The van der Waals surface area contributed by atoms with Crippen molar-refractivity contribution >= 4 is 25.1 Å². The van der Waals surface area contributed by atoms with E-state index in [0.29, 0.717) is 30.1 Å². The fourth-order valence-corrected chi connectivity index (χ4v) is 2.99. The summed E-state index contributed by atoms with van der Waals surface area (Å²) in [5.74, 6) is -0.237. The van der Waals surface area contributed by atoms with Crippen LogP contribution in [-0.2, 0) is 11.5 Å². The Bertz CT molecular complexity index is 774. The van der Waals surface area contributed by atoms with E-state index in [2.05, 4.69) is 34.9 Å². The quantitative estimate of drug-likeness (QED) is 0.592. The summed E-state index contributed by atoms with van der Waals surface area (Å²) in [6.07, 6.45) is 2.89. The minimum atomic E-state index is -1.15. The molecule has 0 unspecified atom stereocenters. The Morgan fingerprint density at radius 3 is 2.75 bits per heavy atom. The number of carbonyl (C=O) groups excluding carboxylic acids is 1. The van der Waals surface area contributed by atoms with Crippen molar-refractivity contribution in [3.05, 3.63) is 28.3 Å². The molecule has 0 aromatic carbocycles. The monoisotopic (exact) mass is 350 g/mol. The molecule has 0 aliphatic heterocycles. The van der Waals surface area contributed by atoms with Gasteiger partial charge in [0.2, 0.25) is 0 Å². The van der Waals surface area contributed by atoms with E-state index < -0.39 is 8.07 Å². The Morgan fingerprint density at radius 2 is 2.12 bits per heavy atom. The van der Waals surface area contributed by atoms with E-state index in [1.54, 1.807) is 10.8 Å². The molecule has 0 aliphatic carbocycles. The molecule has 2 aromatic heterocycles. The zero-order chi connectivity index (χ0) is 17.9. The lowest BCUT2D eigenvalue weighted by molar-refractivity contribution is 0.0890. The van der Waals surface area contributed by atoms with Crippen LogP contribution in [0.15, 0.2) is 17.2 Å². The SMILES string of the molecule is CC(C)NC(=O)c1cn(COCC[Si](C)(C)C)c2ncc(=O)[nH]c12. The van der Waals surface area contributed by atoms with Gasteiger partial charge >= 0.3 is 0 Å². The van der Waals surface area contributed by atoms with E-state index in [1.807, 2.05) is 13.8 Å². The molecule has 2 N–H and O–H groups in total. The van der Waals surface area contributed by atoms with E-state index in [9.17, 15) is 9.59 Å². The third-order valence-electron chi connectivity index (χ3n) is 3.49. The Labute approximate surface area is 142 Å². The first kappa shape index (κ1) is 18.4. The van der Waals surface area contributed by atoms with Gasteiger partial charge in [-0.2, -0.15) is 0 Å². The van der Waals surface area contributed by atoms with Crippen LogP contribution in [-0.4, -0.2) is 41.2 Å². The van der Waals surface area contributed by atoms with E-state index in [-0.39, 0.29) is 17.5 Å². The minimum absolute atomic E-state index is 0.00675. The van der Waals surface area contributed by atoms with Gasteiger partial charge in [0, 0.05) is 26.9 Å². The molecule has 2 rings (SSSR count). The van der Waals surface area contributed by atoms with Crippen molar-refractivity contribution in [3.8, 4) is 0 Å². The highest BCUT2D eigenvalue weighted by atomic mass is 28.3. The van der Waals surface area contributed by atoms with Gasteiger partial charge in [0.05, 0.1) is 17.3 Å². The standard InChI is InChI=1S/C16H26N4O3Si/c1-11(2)18-16(22)12-9-20(10-23-6-7-24(3,4)5)15-14(12)19-13(21)8-17-15/h8-9,11H,6-7,10H2,1-5H3,(H,18,22)(H,19,21). The topological polar surface area (TPSA) is 89.0 Å². The number of aromatic nitrogens is 3. The fourth-order valence-electron chi connectivity index (χ4n) is 2.23. The van der Waals surface area contributed by atoms with Crippen molar-refractivity contribution < 1.29 is 9.53 Å². The van der Waals surface area contributed by atoms with Crippen LogP contribution < -0.4 is 10.9 Å². The first-order chi connectivity index (χ1) is 11.2. The molecule has 132 valence electrons. The van der Waals surface area contributed by atoms with Crippen LogP contribution in [0.25, 0.3) is 11.2 Å². The smallest absolute Gasteiger partial charge is 0.267 e. The molecule has 0 fully saturated rings. The van der Waals surface area contributed by atoms with Gasteiger partial charge < -0.3 is 19.6 Å². The predicted molar refractivity (Wildman–Crippen MR) is 97.1 cm³/mol. The lowest BCUT2D eigenvalue weighted by Gasteiger charge is -2.15. The lowest BCUT2D eigenvalue weighted by Crippen LogP contribution is -2.30. The number of fused-ring (bicyclic) bond motifs is 1. The molecule has 2 heterocycles. The number of hydrogen-bond donors (Lipinski definition) is 2. The second-order valence-electron chi connectivity index (χ2n) is 7.43. The number of nitrogens with one attached hydrogen (secondary N) is 2. The summed E-state index contributed by atoms with van der Waals surface area (Å²) in [7, 11) is -1.15. The average molecular weight is 350 g/mol. The highest BCUT2D eigenvalue weighted by Crippen LogP contribution is 2.17. The number of ether oxygens (including phenoxy) is 1. The van der Waals surface area contributed by atoms with Crippen LogP contribution in [0.5, 0.6) is 0 Å². The second-order valence-corrected chi connectivity index (χ2v) is 13.1. The molecular weight excluding hydrogens is 324 g/mol. The van der Waals surface area contributed by atoms with Gasteiger partial charge in [0.25, 0.3) is 11.5 Å². The van der Waals surface area contributed by atoms with Crippen LogP contribution in [0.4, 0.5) is 0 Å². The normalized spacial score (nSPS) is 12.1. The average Bonchev–Trinajstić information content (AvgIpc) is 2.80. The van der Waals surface area contributed by atoms with Crippen molar-refractivity contribution in [1.29, 1.82) is 0 Å². The van der Waals surface area contributed by atoms with Gasteiger partial charge in [0.1, 0.15) is 6.73 Å². The Balaban J connectivity index is 2.24. The Morgan fingerprint density at radius 1 is 1.42 bits per heavy atom. The number of H-pyrrole nitrogens is 1. The summed E-state index contributed by atoms with van der Waals surface area (Å²) in [5, 5.41) is 2.83. The predicted octanol–water partition coefficient (Wildman–Crippen LogP) is 2.18. The van der Waals surface area contributed by atoms with Gasteiger partial charge in [0.15, 0.2) is 5.65 Å². The van der Waals surface area contributed by atoms with E-state index in [1.165, 1.54) is 6.20 Å². The molecule has 0 saturated carbocycles. The van der Waals surface area contributed by atoms with Crippen molar-refractivity contribution in [3.63, 3.8) is 0 Å². The molecule has 0 aliphatic rings. The highest BCUT2D eigenvalue weighted by Gasteiger charge is 2.18. The van der Waals surface area contributed by atoms with Gasteiger partial charge in [-0.1, -0.05) is 19.6 Å². The van der Waals surface area contributed by atoms with Gasteiger partial charge in [-0.15, -0.1) is 0 Å². The molecule has 24 heavy (non-hydrogen) atoms. The Kier molecular flexibility index (Phi) is 5.61. The second kappa shape index (κ2) is 7.31. The molecule has 0 spiro atoms. The number of hydrogen-bond acceptors (Lipinski definition) is 4. The first-order valence-corrected chi connectivity index (χ1v) is 11.8. The number of rotatable bonds is 7. The first-order valence-electron chi connectivity index (χ1n) is 8.14.